The normalized spacial score (nSPS) is 22.5. The van der Waals surface area contributed by atoms with Crippen LogP contribution in [0, 0.1) is 6.92 Å². The van der Waals surface area contributed by atoms with Gasteiger partial charge in [-0.2, -0.15) is 5.10 Å². The van der Waals surface area contributed by atoms with Crippen LogP contribution in [0.3, 0.4) is 0 Å². The van der Waals surface area contributed by atoms with Gasteiger partial charge in [0.1, 0.15) is 0 Å². The quantitative estimate of drug-likeness (QED) is 0.797. The van der Waals surface area contributed by atoms with Gasteiger partial charge < -0.3 is 9.80 Å². The van der Waals surface area contributed by atoms with Crippen LogP contribution < -0.4 is 4.90 Å². The van der Waals surface area contributed by atoms with Gasteiger partial charge in [0.25, 0.3) is 0 Å². The summed E-state index contributed by atoms with van der Waals surface area (Å²) in [5, 5.41) is 8.38. The van der Waals surface area contributed by atoms with E-state index in [0.29, 0.717) is 6.04 Å². The number of likely N-dealkylation sites (N-methyl/N-ethyl adjacent to an activating group) is 1. The molecule has 0 saturated carbocycles. The van der Waals surface area contributed by atoms with Crippen molar-refractivity contribution in [1.29, 1.82) is 0 Å². The van der Waals surface area contributed by atoms with Crippen molar-refractivity contribution < 1.29 is 0 Å². The van der Waals surface area contributed by atoms with Gasteiger partial charge in [-0.25, -0.2) is 0 Å². The van der Waals surface area contributed by atoms with Crippen LogP contribution in [0.1, 0.15) is 12.6 Å². The molecule has 5 nitrogen and oxygen atoms in total. The summed E-state index contributed by atoms with van der Waals surface area (Å²) in [6.07, 6.45) is 0. The van der Waals surface area contributed by atoms with Crippen LogP contribution in [0.2, 0.25) is 0 Å². The van der Waals surface area contributed by atoms with E-state index in [1.807, 2.05) is 13.0 Å². The molecule has 0 aliphatic carbocycles. The maximum absolute atomic E-state index is 4.25. The van der Waals surface area contributed by atoms with E-state index in [4.69, 9.17) is 0 Å². The van der Waals surface area contributed by atoms with E-state index in [1.54, 1.807) is 0 Å². The number of hydrogen-bond acceptors (Lipinski definition) is 5. The summed E-state index contributed by atoms with van der Waals surface area (Å²) >= 11 is 0. The first-order valence-corrected chi connectivity index (χ1v) is 7.28. The van der Waals surface area contributed by atoms with E-state index in [-0.39, 0.29) is 0 Å². The smallest absolute Gasteiger partial charge is 0.151 e. The first-order valence-electron chi connectivity index (χ1n) is 7.28. The summed E-state index contributed by atoms with van der Waals surface area (Å²) in [5.41, 5.74) is 0.983. The topological polar surface area (TPSA) is 35.5 Å². The molecule has 0 amide bonds. The lowest BCUT2D eigenvalue weighted by Gasteiger charge is -2.48. The molecule has 0 radical (unpaired) electrons. The molecule has 2 saturated heterocycles. The minimum absolute atomic E-state index is 0.710. The summed E-state index contributed by atoms with van der Waals surface area (Å²) < 4.78 is 0. The van der Waals surface area contributed by atoms with Crippen molar-refractivity contribution in [1.82, 2.24) is 20.0 Å². The molecule has 2 fully saturated rings. The summed E-state index contributed by atoms with van der Waals surface area (Å²) in [4.78, 5) is 7.48. The molecule has 2 aliphatic rings. The Labute approximate surface area is 115 Å². The molecule has 19 heavy (non-hydrogen) atoms. The molecule has 0 N–H and O–H groups in total. The fourth-order valence-electron chi connectivity index (χ4n) is 2.88. The van der Waals surface area contributed by atoms with Gasteiger partial charge in [0.15, 0.2) is 5.82 Å². The average Bonchev–Trinajstić information content (AvgIpc) is 2.40. The van der Waals surface area contributed by atoms with E-state index in [2.05, 4.69) is 37.9 Å². The molecule has 1 aromatic heterocycles. The fraction of sp³-hybridized carbons (Fsp3) is 0.714. The van der Waals surface area contributed by atoms with Crippen molar-refractivity contribution in [3.05, 3.63) is 17.8 Å². The number of hydrogen-bond donors (Lipinski definition) is 0. The van der Waals surface area contributed by atoms with Crippen LogP contribution in [0.5, 0.6) is 0 Å². The molecule has 0 unspecified atom stereocenters. The third-order valence-electron chi connectivity index (χ3n) is 4.34. The third-order valence-corrected chi connectivity index (χ3v) is 4.34. The maximum Gasteiger partial charge on any atom is 0.151 e. The third kappa shape index (κ3) is 2.72. The van der Waals surface area contributed by atoms with Crippen LogP contribution in [0.4, 0.5) is 5.82 Å². The van der Waals surface area contributed by atoms with E-state index in [1.165, 1.54) is 32.7 Å². The predicted molar refractivity (Wildman–Crippen MR) is 76.5 cm³/mol. The first kappa shape index (κ1) is 12.8. The Kier molecular flexibility index (Phi) is 3.66. The van der Waals surface area contributed by atoms with E-state index >= 15 is 0 Å². The lowest BCUT2D eigenvalue weighted by molar-refractivity contribution is 0.0858. The second-order valence-corrected chi connectivity index (χ2v) is 5.56. The Morgan fingerprint density at radius 3 is 2.42 bits per heavy atom. The second kappa shape index (κ2) is 5.43. The van der Waals surface area contributed by atoms with Crippen molar-refractivity contribution in [3.8, 4) is 0 Å². The Bertz CT molecular complexity index is 404. The highest BCUT2D eigenvalue weighted by Crippen LogP contribution is 2.22. The van der Waals surface area contributed by atoms with Crippen molar-refractivity contribution in [3.63, 3.8) is 0 Å². The number of aryl methyl sites for hydroxylation is 1. The van der Waals surface area contributed by atoms with Crippen LogP contribution >= 0.6 is 0 Å². The van der Waals surface area contributed by atoms with Gasteiger partial charge in [0.05, 0.1) is 5.69 Å². The van der Waals surface area contributed by atoms with Crippen molar-refractivity contribution in [2.45, 2.75) is 19.9 Å². The number of piperazine rings is 1. The average molecular weight is 261 g/mol. The Morgan fingerprint density at radius 1 is 1.11 bits per heavy atom. The Morgan fingerprint density at radius 2 is 1.84 bits per heavy atom. The maximum atomic E-state index is 4.25. The van der Waals surface area contributed by atoms with Gasteiger partial charge in [-0.15, -0.1) is 5.10 Å². The molecular weight excluding hydrogens is 238 g/mol. The van der Waals surface area contributed by atoms with Gasteiger partial charge >= 0.3 is 0 Å². The molecule has 2 aliphatic heterocycles. The van der Waals surface area contributed by atoms with Crippen LogP contribution in [-0.4, -0.2) is 71.9 Å². The minimum atomic E-state index is 0.710. The second-order valence-electron chi connectivity index (χ2n) is 5.56. The Balaban J connectivity index is 1.49. The molecule has 1 aromatic rings. The van der Waals surface area contributed by atoms with E-state index < -0.39 is 0 Å². The minimum Gasteiger partial charge on any atom is -0.352 e. The molecule has 5 heteroatoms. The molecule has 104 valence electrons. The highest BCUT2D eigenvalue weighted by atomic mass is 15.4. The molecule has 0 spiro atoms. The van der Waals surface area contributed by atoms with Gasteiger partial charge in [-0.3, -0.25) is 4.90 Å². The molecule has 0 bridgehead atoms. The number of nitrogens with zero attached hydrogens (tertiary/aromatic N) is 5. The largest absolute Gasteiger partial charge is 0.352 e. The van der Waals surface area contributed by atoms with Crippen molar-refractivity contribution in [2.24, 2.45) is 0 Å². The SMILES string of the molecule is CCN1CCN(C2CN(c3ccc(C)nn3)C2)CC1. The molecule has 3 rings (SSSR count). The molecule has 0 aromatic carbocycles. The number of anilines is 1. The lowest BCUT2D eigenvalue weighted by atomic mass is 10.1. The zero-order valence-electron chi connectivity index (χ0n) is 11.9. The number of rotatable bonds is 3. The summed E-state index contributed by atoms with van der Waals surface area (Å²) in [6, 6.07) is 4.82. The van der Waals surface area contributed by atoms with Crippen LogP contribution in [0.25, 0.3) is 0 Å². The highest BCUT2D eigenvalue weighted by molar-refractivity contribution is 5.41. The molecular formula is C14H23N5. The fourth-order valence-corrected chi connectivity index (χ4v) is 2.88. The van der Waals surface area contributed by atoms with Crippen molar-refractivity contribution in [2.75, 3.05) is 50.7 Å². The van der Waals surface area contributed by atoms with E-state index in [9.17, 15) is 0 Å². The van der Waals surface area contributed by atoms with Crippen molar-refractivity contribution >= 4 is 5.82 Å². The van der Waals surface area contributed by atoms with Gasteiger partial charge in [0, 0.05) is 45.3 Å². The van der Waals surface area contributed by atoms with Gasteiger partial charge in [-0.1, -0.05) is 6.92 Å². The van der Waals surface area contributed by atoms with Crippen LogP contribution in [-0.2, 0) is 0 Å². The molecule has 3 heterocycles. The van der Waals surface area contributed by atoms with Gasteiger partial charge in [0.2, 0.25) is 0 Å². The summed E-state index contributed by atoms with van der Waals surface area (Å²) in [7, 11) is 0. The highest BCUT2D eigenvalue weighted by Gasteiger charge is 2.33. The molecule has 0 atom stereocenters. The van der Waals surface area contributed by atoms with Gasteiger partial charge in [-0.05, 0) is 25.6 Å². The monoisotopic (exact) mass is 261 g/mol. The van der Waals surface area contributed by atoms with E-state index in [0.717, 1.165) is 24.6 Å². The summed E-state index contributed by atoms with van der Waals surface area (Å²) in [6.45, 7) is 12.5. The predicted octanol–water partition coefficient (Wildman–Crippen LogP) is 0.611. The zero-order chi connectivity index (χ0) is 13.2. The summed E-state index contributed by atoms with van der Waals surface area (Å²) in [5.74, 6) is 1.02. The van der Waals surface area contributed by atoms with Crippen LogP contribution in [0.15, 0.2) is 12.1 Å². The standard InChI is InChI=1S/C14H23N5/c1-3-17-6-8-18(9-7-17)13-10-19(11-13)14-5-4-12(2)15-16-14/h4-5,13H,3,6-11H2,1-2H3. The lowest BCUT2D eigenvalue weighted by Crippen LogP contribution is -2.63. The zero-order valence-corrected chi connectivity index (χ0v) is 11.9. The number of aromatic nitrogens is 2. The Hall–Kier alpha value is -1.20. The first-order chi connectivity index (χ1) is 9.26.